The van der Waals surface area contributed by atoms with E-state index in [0.29, 0.717) is 6.42 Å². The molecule has 0 bridgehead atoms. The fraction of sp³-hybridized carbons (Fsp3) is 0.208. The van der Waals surface area contributed by atoms with Crippen molar-refractivity contribution in [2.45, 2.75) is 26.2 Å². The number of imidazole rings is 1. The molecule has 0 radical (unpaired) electrons. The highest BCUT2D eigenvalue weighted by molar-refractivity contribution is 7.15. The van der Waals surface area contributed by atoms with Crippen LogP contribution in [0.25, 0.3) is 16.2 Å². The minimum absolute atomic E-state index is 0.0842. The molecule has 1 aliphatic heterocycles. The highest BCUT2D eigenvalue weighted by Gasteiger charge is 2.23. The topological polar surface area (TPSA) is 66.7 Å². The molecule has 2 aromatic carbocycles. The van der Waals surface area contributed by atoms with Crippen LogP contribution in [0.4, 0.5) is 11.4 Å². The van der Waals surface area contributed by atoms with E-state index < -0.39 is 0 Å². The molecule has 1 fully saturated rings. The largest absolute Gasteiger partial charge is 0.326 e. The second-order valence-electron chi connectivity index (χ2n) is 7.75. The van der Waals surface area contributed by atoms with Gasteiger partial charge in [0.05, 0.1) is 12.1 Å². The zero-order chi connectivity index (χ0) is 21.4. The lowest BCUT2D eigenvalue weighted by Gasteiger charge is -2.19. The third kappa shape index (κ3) is 3.84. The first-order chi connectivity index (χ1) is 15.1. The van der Waals surface area contributed by atoms with Gasteiger partial charge >= 0.3 is 0 Å². The average Bonchev–Trinajstić information content (AvgIpc) is 3.46. The standard InChI is InChI=1S/C24H22N4O2S/c1-16-12-18(9-10-21(16)27-11-5-8-23(27)30)25-22(29)13-19-15-31-24-26-20(14-28(19)24)17-6-3-2-4-7-17/h2-4,6-7,9-10,12,14-15H,5,8,11,13H2,1H3,(H,25,29). The van der Waals surface area contributed by atoms with Crippen LogP contribution in [-0.2, 0) is 16.0 Å². The van der Waals surface area contributed by atoms with Crippen molar-refractivity contribution in [3.05, 3.63) is 71.4 Å². The van der Waals surface area contributed by atoms with Gasteiger partial charge in [0.15, 0.2) is 4.96 Å². The number of rotatable bonds is 5. The normalized spacial score (nSPS) is 13.8. The molecule has 0 unspecified atom stereocenters. The third-order valence-corrected chi connectivity index (χ3v) is 6.43. The summed E-state index contributed by atoms with van der Waals surface area (Å²) in [6.07, 6.45) is 3.74. The van der Waals surface area contributed by atoms with Gasteiger partial charge in [-0.1, -0.05) is 30.3 Å². The molecule has 1 N–H and O–H groups in total. The van der Waals surface area contributed by atoms with Crippen molar-refractivity contribution in [3.8, 4) is 11.3 Å². The van der Waals surface area contributed by atoms with Gasteiger partial charge in [-0.15, -0.1) is 11.3 Å². The van der Waals surface area contributed by atoms with Gasteiger partial charge in [-0.25, -0.2) is 4.98 Å². The summed E-state index contributed by atoms with van der Waals surface area (Å²) in [7, 11) is 0. The number of anilines is 2. The first kappa shape index (κ1) is 19.5. The minimum atomic E-state index is -0.0842. The molecule has 31 heavy (non-hydrogen) atoms. The van der Waals surface area contributed by atoms with E-state index in [1.165, 1.54) is 11.3 Å². The van der Waals surface area contributed by atoms with Gasteiger partial charge < -0.3 is 10.2 Å². The zero-order valence-electron chi connectivity index (χ0n) is 17.2. The predicted octanol–water partition coefficient (Wildman–Crippen LogP) is 4.68. The molecular formula is C24H22N4O2S. The van der Waals surface area contributed by atoms with Gasteiger partial charge in [0.25, 0.3) is 0 Å². The SMILES string of the molecule is Cc1cc(NC(=O)Cc2csc3nc(-c4ccccc4)cn23)ccc1N1CCCC1=O. The molecule has 0 aliphatic carbocycles. The van der Waals surface area contributed by atoms with Gasteiger partial charge in [0, 0.05) is 47.2 Å². The molecule has 1 aliphatic rings. The maximum absolute atomic E-state index is 12.7. The smallest absolute Gasteiger partial charge is 0.230 e. The summed E-state index contributed by atoms with van der Waals surface area (Å²) in [4.78, 5) is 32.1. The Kier molecular flexibility index (Phi) is 5.03. The molecule has 0 spiro atoms. The van der Waals surface area contributed by atoms with Crippen LogP contribution in [0.1, 0.15) is 24.1 Å². The number of carbonyl (C=O) groups excluding carboxylic acids is 2. The Balaban J connectivity index is 1.30. The van der Waals surface area contributed by atoms with Gasteiger partial charge in [-0.2, -0.15) is 0 Å². The molecule has 2 amide bonds. The van der Waals surface area contributed by atoms with Crippen molar-refractivity contribution < 1.29 is 9.59 Å². The lowest BCUT2D eigenvalue weighted by Crippen LogP contribution is -2.24. The van der Waals surface area contributed by atoms with Crippen molar-refractivity contribution >= 4 is 39.5 Å². The molecule has 1 saturated heterocycles. The van der Waals surface area contributed by atoms with E-state index in [1.54, 1.807) is 0 Å². The lowest BCUT2D eigenvalue weighted by atomic mass is 10.1. The van der Waals surface area contributed by atoms with Crippen LogP contribution in [-0.4, -0.2) is 27.7 Å². The van der Waals surface area contributed by atoms with Gasteiger partial charge in [-0.3, -0.25) is 14.0 Å². The summed E-state index contributed by atoms with van der Waals surface area (Å²) in [6.45, 7) is 2.73. The van der Waals surface area contributed by atoms with Crippen LogP contribution in [0.3, 0.4) is 0 Å². The predicted molar refractivity (Wildman–Crippen MR) is 124 cm³/mol. The quantitative estimate of drug-likeness (QED) is 0.500. The number of nitrogens with one attached hydrogen (secondary N) is 1. The molecule has 6 nitrogen and oxygen atoms in total. The number of nitrogens with zero attached hydrogens (tertiary/aromatic N) is 3. The van der Waals surface area contributed by atoms with E-state index in [-0.39, 0.29) is 18.2 Å². The third-order valence-electron chi connectivity index (χ3n) is 5.54. The minimum Gasteiger partial charge on any atom is -0.326 e. The van der Waals surface area contributed by atoms with Crippen LogP contribution in [0.2, 0.25) is 0 Å². The average molecular weight is 431 g/mol. The Morgan fingerprint density at radius 1 is 1.19 bits per heavy atom. The first-order valence-electron chi connectivity index (χ1n) is 10.3. The molecule has 4 aromatic rings. The molecule has 156 valence electrons. The number of carbonyl (C=O) groups is 2. The molecule has 5 rings (SSSR count). The van der Waals surface area contributed by atoms with E-state index in [2.05, 4.69) is 10.3 Å². The molecule has 7 heteroatoms. The Hall–Kier alpha value is -3.45. The second-order valence-corrected chi connectivity index (χ2v) is 8.58. The van der Waals surface area contributed by atoms with Crippen molar-refractivity contribution in [2.75, 3.05) is 16.8 Å². The van der Waals surface area contributed by atoms with Gasteiger partial charge in [0.2, 0.25) is 11.8 Å². The Morgan fingerprint density at radius 2 is 2.03 bits per heavy atom. The van der Waals surface area contributed by atoms with Crippen LogP contribution in [0.15, 0.2) is 60.1 Å². The fourth-order valence-corrected chi connectivity index (χ4v) is 4.89. The summed E-state index contributed by atoms with van der Waals surface area (Å²) in [6, 6.07) is 15.7. The van der Waals surface area contributed by atoms with E-state index in [0.717, 1.165) is 51.8 Å². The number of hydrogen-bond acceptors (Lipinski definition) is 4. The number of aryl methyl sites for hydroxylation is 1. The molecule has 0 saturated carbocycles. The lowest BCUT2D eigenvalue weighted by molar-refractivity contribution is -0.117. The van der Waals surface area contributed by atoms with Gasteiger partial charge in [-0.05, 0) is 37.1 Å². The summed E-state index contributed by atoms with van der Waals surface area (Å²) < 4.78 is 1.99. The maximum atomic E-state index is 12.7. The second kappa shape index (κ2) is 8.00. The van der Waals surface area contributed by atoms with Crippen LogP contribution < -0.4 is 10.2 Å². The van der Waals surface area contributed by atoms with Gasteiger partial charge in [0.1, 0.15) is 0 Å². The van der Waals surface area contributed by atoms with Crippen LogP contribution >= 0.6 is 11.3 Å². The van der Waals surface area contributed by atoms with E-state index in [1.807, 2.05) is 76.3 Å². The first-order valence-corrected chi connectivity index (χ1v) is 11.2. The Bertz CT molecular complexity index is 1280. The molecular weight excluding hydrogens is 408 g/mol. The van der Waals surface area contributed by atoms with Crippen molar-refractivity contribution in [1.29, 1.82) is 0 Å². The molecule has 0 atom stereocenters. The number of benzene rings is 2. The van der Waals surface area contributed by atoms with E-state index in [4.69, 9.17) is 0 Å². The van der Waals surface area contributed by atoms with E-state index >= 15 is 0 Å². The number of amides is 2. The zero-order valence-corrected chi connectivity index (χ0v) is 18.0. The van der Waals surface area contributed by atoms with Crippen molar-refractivity contribution in [3.63, 3.8) is 0 Å². The van der Waals surface area contributed by atoms with Crippen LogP contribution in [0, 0.1) is 6.92 Å². The highest BCUT2D eigenvalue weighted by Crippen LogP contribution is 2.28. The number of hydrogen-bond donors (Lipinski definition) is 1. The monoisotopic (exact) mass is 430 g/mol. The maximum Gasteiger partial charge on any atom is 0.230 e. The molecule has 2 aromatic heterocycles. The highest BCUT2D eigenvalue weighted by atomic mass is 32.1. The van der Waals surface area contributed by atoms with E-state index in [9.17, 15) is 9.59 Å². The number of aromatic nitrogens is 2. The Labute approximate surface area is 184 Å². The number of fused-ring (bicyclic) bond motifs is 1. The summed E-state index contributed by atoms with van der Waals surface area (Å²) in [5, 5.41) is 4.96. The van der Waals surface area contributed by atoms with Crippen molar-refractivity contribution in [1.82, 2.24) is 9.38 Å². The Morgan fingerprint density at radius 3 is 2.77 bits per heavy atom. The van der Waals surface area contributed by atoms with Crippen LogP contribution in [0.5, 0.6) is 0 Å². The fourth-order valence-electron chi connectivity index (χ4n) is 4.01. The summed E-state index contributed by atoms with van der Waals surface area (Å²) >= 11 is 1.53. The van der Waals surface area contributed by atoms with Crippen molar-refractivity contribution in [2.24, 2.45) is 0 Å². The summed E-state index contributed by atoms with van der Waals surface area (Å²) in [5.41, 5.74) is 5.50. The summed E-state index contributed by atoms with van der Waals surface area (Å²) in [5.74, 6) is 0.0793. The molecule has 3 heterocycles. The number of thiazole rings is 1.